The molecule has 6 rings (SSSR count). The largest absolute Gasteiger partial charge is 0.451 e. The van der Waals surface area contributed by atoms with E-state index in [1.54, 1.807) is 6.26 Å². The van der Waals surface area contributed by atoms with Crippen molar-refractivity contribution in [3.63, 3.8) is 0 Å². The van der Waals surface area contributed by atoms with E-state index in [4.69, 9.17) is 9.68 Å². The summed E-state index contributed by atoms with van der Waals surface area (Å²) in [6.45, 7) is 2.92. The molecule has 3 aliphatic heterocycles. The molecule has 0 amide bonds. The first kappa shape index (κ1) is 16.2. The molecule has 3 fully saturated rings. The van der Waals surface area contributed by atoms with E-state index in [0.717, 1.165) is 30.9 Å². The Bertz CT molecular complexity index is 945. The van der Waals surface area contributed by atoms with Gasteiger partial charge < -0.3 is 9.73 Å². The van der Waals surface area contributed by atoms with Gasteiger partial charge in [-0.15, -0.1) is 0 Å². The van der Waals surface area contributed by atoms with Crippen LogP contribution >= 0.6 is 0 Å². The maximum absolute atomic E-state index is 8.93. The molecular weight excluding hydrogens is 336 g/mol. The van der Waals surface area contributed by atoms with Gasteiger partial charge in [0.05, 0.1) is 17.3 Å². The normalized spacial score (nSPS) is 24.2. The van der Waals surface area contributed by atoms with E-state index in [1.807, 2.05) is 24.3 Å². The topological polar surface area (TPSA) is 65.1 Å². The summed E-state index contributed by atoms with van der Waals surface area (Å²) in [6.07, 6.45) is 3.23. The molecule has 3 aliphatic rings. The first-order valence-corrected chi connectivity index (χ1v) is 9.26. The van der Waals surface area contributed by atoms with Crippen molar-refractivity contribution in [1.82, 2.24) is 15.2 Å². The zero-order chi connectivity index (χ0) is 18.2. The van der Waals surface area contributed by atoms with E-state index >= 15 is 0 Å². The summed E-state index contributed by atoms with van der Waals surface area (Å²) in [4.78, 5) is 6.68. The molecule has 5 nitrogen and oxygen atoms in total. The van der Waals surface area contributed by atoms with Gasteiger partial charge in [-0.25, -0.2) is 4.98 Å². The molecule has 3 aromatic rings. The zero-order valence-corrected chi connectivity index (χ0v) is 14.9. The smallest absolute Gasteiger partial charge is 0.180 e. The number of benzene rings is 2. The van der Waals surface area contributed by atoms with Crippen molar-refractivity contribution in [3.05, 3.63) is 78.0 Å². The molecule has 0 saturated carbocycles. The quantitative estimate of drug-likeness (QED) is 0.778. The molecule has 2 aromatic carbocycles. The van der Waals surface area contributed by atoms with Crippen molar-refractivity contribution in [3.8, 4) is 17.2 Å². The first-order chi connectivity index (χ1) is 13.3. The van der Waals surface area contributed by atoms with Gasteiger partial charge in [-0.1, -0.05) is 36.4 Å². The van der Waals surface area contributed by atoms with Crippen molar-refractivity contribution in [2.45, 2.75) is 24.5 Å². The fourth-order valence-electron chi connectivity index (χ4n) is 4.38. The zero-order valence-electron chi connectivity index (χ0n) is 14.9. The third-order valence-corrected chi connectivity index (χ3v) is 5.72. The summed E-state index contributed by atoms with van der Waals surface area (Å²) >= 11 is 0. The Hall–Kier alpha value is -2.94. The number of hydrogen-bond acceptors (Lipinski definition) is 5. The van der Waals surface area contributed by atoms with E-state index in [2.05, 4.69) is 45.5 Å². The van der Waals surface area contributed by atoms with E-state index in [1.165, 1.54) is 17.5 Å². The van der Waals surface area contributed by atoms with Crippen LogP contribution < -0.4 is 5.32 Å². The van der Waals surface area contributed by atoms with E-state index < -0.39 is 0 Å². The average molecular weight is 356 g/mol. The van der Waals surface area contributed by atoms with Crippen LogP contribution in [0.5, 0.6) is 0 Å². The van der Waals surface area contributed by atoms with Crippen LogP contribution in [0.4, 0.5) is 0 Å². The van der Waals surface area contributed by atoms with Crippen LogP contribution in [0.15, 0.2) is 65.6 Å². The molecule has 1 N–H and O–H groups in total. The second kappa shape index (κ2) is 6.66. The Morgan fingerprint density at radius 1 is 1.04 bits per heavy atom. The highest BCUT2D eigenvalue weighted by atomic mass is 16.3. The Morgan fingerprint density at radius 3 is 2.30 bits per heavy atom. The summed E-state index contributed by atoms with van der Waals surface area (Å²) in [5.41, 5.74) is 5.43. The number of nitrogens with zero attached hydrogens (tertiary/aromatic N) is 3. The minimum Gasteiger partial charge on any atom is -0.451 e. The van der Waals surface area contributed by atoms with Crippen molar-refractivity contribution >= 4 is 0 Å². The van der Waals surface area contributed by atoms with Crippen LogP contribution in [0.2, 0.25) is 0 Å². The molecule has 2 bridgehead atoms. The molecule has 0 aliphatic carbocycles. The lowest BCUT2D eigenvalue weighted by atomic mass is 9.74. The Kier molecular flexibility index (Phi) is 4.01. The van der Waals surface area contributed by atoms with Crippen molar-refractivity contribution in [2.24, 2.45) is 0 Å². The molecule has 134 valence electrons. The van der Waals surface area contributed by atoms with Gasteiger partial charge in [0.1, 0.15) is 6.26 Å². The fraction of sp³-hybridized carbons (Fsp3) is 0.273. The van der Waals surface area contributed by atoms with Crippen LogP contribution in [-0.2, 0) is 6.54 Å². The van der Waals surface area contributed by atoms with Gasteiger partial charge in [-0.3, -0.25) is 4.90 Å². The monoisotopic (exact) mass is 356 g/mol. The molecule has 0 radical (unpaired) electrons. The van der Waals surface area contributed by atoms with Gasteiger partial charge in [-0.2, -0.15) is 5.26 Å². The van der Waals surface area contributed by atoms with Crippen molar-refractivity contribution < 1.29 is 4.42 Å². The Balaban J connectivity index is 1.27. The minimum absolute atomic E-state index is 0.497. The molecule has 3 saturated heterocycles. The minimum atomic E-state index is 0.497. The van der Waals surface area contributed by atoms with Gasteiger partial charge in [0, 0.05) is 37.6 Å². The van der Waals surface area contributed by atoms with Gasteiger partial charge >= 0.3 is 0 Å². The Labute approximate surface area is 158 Å². The second-order valence-electron chi connectivity index (χ2n) is 7.39. The van der Waals surface area contributed by atoms with Crippen LogP contribution in [-0.4, -0.2) is 35.1 Å². The number of piperidine rings is 1. The van der Waals surface area contributed by atoms with Gasteiger partial charge in [0.15, 0.2) is 6.39 Å². The molecule has 5 heteroatoms. The highest BCUT2D eigenvalue weighted by Gasteiger charge is 2.46. The van der Waals surface area contributed by atoms with Gasteiger partial charge in [0.25, 0.3) is 0 Å². The number of aromatic nitrogens is 1. The second-order valence-corrected chi connectivity index (χ2v) is 7.39. The summed E-state index contributed by atoms with van der Waals surface area (Å²) in [5.74, 6) is 0.577. The molecule has 1 aromatic heterocycles. The maximum Gasteiger partial charge on any atom is 0.180 e. The summed E-state index contributed by atoms with van der Waals surface area (Å²) in [7, 11) is 0. The molecular formula is C22H20N4O. The van der Waals surface area contributed by atoms with E-state index in [0.29, 0.717) is 23.6 Å². The molecule has 1 unspecified atom stereocenters. The van der Waals surface area contributed by atoms with Gasteiger partial charge in [0.2, 0.25) is 0 Å². The summed E-state index contributed by atoms with van der Waals surface area (Å²) < 4.78 is 5.08. The van der Waals surface area contributed by atoms with Gasteiger partial charge in [-0.05, 0) is 28.8 Å². The molecule has 27 heavy (non-hydrogen) atoms. The van der Waals surface area contributed by atoms with E-state index in [-0.39, 0.29) is 0 Å². The highest BCUT2D eigenvalue weighted by Crippen LogP contribution is 2.37. The number of fused-ring (bicyclic) bond motifs is 2. The van der Waals surface area contributed by atoms with E-state index in [9.17, 15) is 0 Å². The number of piperazine rings is 1. The molecule has 4 heterocycles. The predicted octanol–water partition coefficient (Wildman–Crippen LogP) is 3.15. The fourth-order valence-corrected chi connectivity index (χ4v) is 4.38. The number of nitriles is 1. The number of oxazole rings is 1. The molecule has 3 atom stereocenters. The van der Waals surface area contributed by atoms with Crippen LogP contribution in [0.25, 0.3) is 11.1 Å². The van der Waals surface area contributed by atoms with Crippen LogP contribution in [0.3, 0.4) is 0 Å². The van der Waals surface area contributed by atoms with Crippen molar-refractivity contribution in [2.75, 3.05) is 13.1 Å². The highest BCUT2D eigenvalue weighted by molar-refractivity contribution is 5.64. The lowest BCUT2D eigenvalue weighted by Crippen LogP contribution is -2.71. The summed E-state index contributed by atoms with van der Waals surface area (Å²) in [6, 6.07) is 19.8. The SMILES string of the molecule is N#Cc1ccc(-c2ccc(C3[C@@H]4CN(Cc5cocn5)C[C@H]3N4)cc2)cc1. The third-order valence-electron chi connectivity index (χ3n) is 5.72. The number of hydrogen-bond donors (Lipinski definition) is 1. The lowest BCUT2D eigenvalue weighted by Gasteiger charge is -2.54. The van der Waals surface area contributed by atoms with Crippen LogP contribution in [0, 0.1) is 11.3 Å². The lowest BCUT2D eigenvalue weighted by molar-refractivity contribution is 0.0463. The standard InChI is InChI=1S/C22H20N4O/c23-9-15-1-3-16(4-2-15)17-5-7-18(8-6-17)22-20-11-26(12-21(22)25-20)10-19-13-27-14-24-19/h1-8,13-14,20-22,25H,10-12H2/t20-,21+,22?. The Morgan fingerprint density at radius 2 is 1.70 bits per heavy atom. The molecule has 0 spiro atoms. The number of nitrogens with one attached hydrogen (secondary N) is 1. The summed E-state index contributed by atoms with van der Waals surface area (Å²) in [5, 5.41) is 12.6. The maximum atomic E-state index is 8.93. The van der Waals surface area contributed by atoms with Crippen molar-refractivity contribution in [1.29, 1.82) is 5.26 Å². The number of rotatable bonds is 4. The van der Waals surface area contributed by atoms with Crippen LogP contribution in [0.1, 0.15) is 22.7 Å². The average Bonchev–Trinajstić information content (AvgIpc) is 3.22. The third kappa shape index (κ3) is 3.03. The first-order valence-electron chi connectivity index (χ1n) is 9.26. The predicted molar refractivity (Wildman–Crippen MR) is 102 cm³/mol.